The minimum Gasteiger partial charge on any atom is -0.374 e. The highest BCUT2D eigenvalue weighted by molar-refractivity contribution is 5.92. The Morgan fingerprint density at radius 3 is 2.74 bits per heavy atom. The van der Waals surface area contributed by atoms with Crippen LogP contribution in [-0.4, -0.2) is 30.6 Å². The standard InChI is InChI=1S/C27H38O4/c1-17-14-23-21-8-7-19-15-20(29)9-11-26(19,3)22(21)10-12-27(23,4)25(17)24(30)16-31-13-5-6-18(2)28/h10,15,17,21,23,25H,5-9,11-14,16H2,1-4H3/t17-,21?,23?,25+,26-,27-/m0/s1. The van der Waals surface area contributed by atoms with Crippen LogP contribution in [-0.2, 0) is 19.1 Å². The van der Waals surface area contributed by atoms with Crippen molar-refractivity contribution in [2.75, 3.05) is 13.2 Å². The summed E-state index contributed by atoms with van der Waals surface area (Å²) >= 11 is 0. The van der Waals surface area contributed by atoms with Crippen LogP contribution in [0.2, 0.25) is 0 Å². The van der Waals surface area contributed by atoms with Gasteiger partial charge in [-0.3, -0.25) is 9.59 Å². The van der Waals surface area contributed by atoms with E-state index in [4.69, 9.17) is 4.74 Å². The van der Waals surface area contributed by atoms with E-state index in [1.807, 2.05) is 6.08 Å². The highest BCUT2D eigenvalue weighted by Crippen LogP contribution is 2.65. The third kappa shape index (κ3) is 3.90. The van der Waals surface area contributed by atoms with Gasteiger partial charge in [0.25, 0.3) is 0 Å². The molecule has 0 aliphatic heterocycles. The molecule has 0 aromatic heterocycles. The Labute approximate surface area is 186 Å². The van der Waals surface area contributed by atoms with E-state index in [0.717, 1.165) is 32.1 Å². The van der Waals surface area contributed by atoms with E-state index in [-0.39, 0.29) is 40.7 Å². The molecule has 4 nitrogen and oxygen atoms in total. The molecule has 0 heterocycles. The van der Waals surface area contributed by atoms with E-state index < -0.39 is 0 Å². The predicted octanol–water partition coefficient (Wildman–Crippen LogP) is 5.26. The molecule has 0 aromatic carbocycles. The second-order valence-electron chi connectivity index (χ2n) is 11.1. The summed E-state index contributed by atoms with van der Waals surface area (Å²) in [5.41, 5.74) is 2.94. The summed E-state index contributed by atoms with van der Waals surface area (Å²) < 4.78 is 5.68. The first-order valence-electron chi connectivity index (χ1n) is 12.2. The van der Waals surface area contributed by atoms with Gasteiger partial charge in [0.15, 0.2) is 11.6 Å². The fourth-order valence-electron chi connectivity index (χ4n) is 7.60. The lowest BCUT2D eigenvalue weighted by molar-refractivity contribution is -0.133. The lowest BCUT2D eigenvalue weighted by atomic mass is 9.51. The maximum Gasteiger partial charge on any atom is 0.162 e. The Bertz CT molecular complexity index is 836. The summed E-state index contributed by atoms with van der Waals surface area (Å²) in [4.78, 5) is 36.3. The van der Waals surface area contributed by atoms with Crippen molar-refractivity contribution in [3.05, 3.63) is 23.3 Å². The number of fused-ring (bicyclic) bond motifs is 5. The molecule has 0 saturated heterocycles. The molecule has 0 bridgehead atoms. The SMILES string of the molecule is CC(=O)CCCOCC(=O)[C@H]1[C@@H](C)CC2C3CCC4=CC(=O)CC[C@]4(C)C3=CC[C@@]21C. The molecule has 4 aliphatic rings. The van der Waals surface area contributed by atoms with E-state index in [1.165, 1.54) is 5.57 Å². The van der Waals surface area contributed by atoms with E-state index in [2.05, 4.69) is 26.8 Å². The Balaban J connectivity index is 1.50. The van der Waals surface area contributed by atoms with Crippen molar-refractivity contribution in [2.24, 2.45) is 34.5 Å². The average Bonchev–Trinajstić information content (AvgIpc) is 2.98. The normalized spacial score (nSPS) is 39.2. The number of carbonyl (C=O) groups is 3. The monoisotopic (exact) mass is 426 g/mol. The van der Waals surface area contributed by atoms with Gasteiger partial charge in [-0.25, -0.2) is 0 Å². The number of ether oxygens (including phenoxy) is 1. The molecule has 31 heavy (non-hydrogen) atoms. The van der Waals surface area contributed by atoms with Gasteiger partial charge >= 0.3 is 0 Å². The Morgan fingerprint density at radius 1 is 1.23 bits per heavy atom. The van der Waals surface area contributed by atoms with Crippen LogP contribution >= 0.6 is 0 Å². The Morgan fingerprint density at radius 2 is 2.00 bits per heavy atom. The van der Waals surface area contributed by atoms with Gasteiger partial charge in [-0.2, -0.15) is 0 Å². The van der Waals surface area contributed by atoms with Gasteiger partial charge in [-0.05, 0) is 74.7 Å². The van der Waals surface area contributed by atoms with Gasteiger partial charge in [0.1, 0.15) is 12.4 Å². The number of rotatable bonds is 7. The van der Waals surface area contributed by atoms with Crippen molar-refractivity contribution in [1.29, 1.82) is 0 Å². The summed E-state index contributed by atoms with van der Waals surface area (Å²) in [6, 6.07) is 0. The van der Waals surface area contributed by atoms with Crippen LogP contribution in [0.1, 0.15) is 79.1 Å². The zero-order chi connectivity index (χ0) is 22.4. The lowest BCUT2D eigenvalue weighted by Crippen LogP contribution is -2.46. The first-order chi connectivity index (χ1) is 14.7. The van der Waals surface area contributed by atoms with Gasteiger partial charge in [0.05, 0.1) is 0 Å². The van der Waals surface area contributed by atoms with Crippen molar-refractivity contribution < 1.29 is 19.1 Å². The summed E-state index contributed by atoms with van der Waals surface area (Å²) in [6.45, 7) is 9.17. The van der Waals surface area contributed by atoms with E-state index in [1.54, 1.807) is 12.5 Å². The van der Waals surface area contributed by atoms with Crippen molar-refractivity contribution in [1.82, 2.24) is 0 Å². The van der Waals surface area contributed by atoms with Crippen LogP contribution in [0.5, 0.6) is 0 Å². The molecule has 170 valence electrons. The topological polar surface area (TPSA) is 60.4 Å². The Hall–Kier alpha value is -1.55. The maximum absolute atomic E-state index is 13.2. The van der Waals surface area contributed by atoms with E-state index in [0.29, 0.717) is 43.6 Å². The minimum atomic E-state index is -0.00449. The molecule has 2 fully saturated rings. The second-order valence-corrected chi connectivity index (χ2v) is 11.1. The zero-order valence-corrected chi connectivity index (χ0v) is 19.7. The van der Waals surface area contributed by atoms with Crippen LogP contribution in [0.15, 0.2) is 23.3 Å². The van der Waals surface area contributed by atoms with Gasteiger partial charge < -0.3 is 9.53 Å². The van der Waals surface area contributed by atoms with E-state index >= 15 is 0 Å². The summed E-state index contributed by atoms with van der Waals surface area (Å²) in [5.74, 6) is 2.17. The molecule has 0 aromatic rings. The highest BCUT2D eigenvalue weighted by Gasteiger charge is 2.59. The number of carbonyl (C=O) groups excluding carboxylic acids is 3. The van der Waals surface area contributed by atoms with Crippen LogP contribution in [0.25, 0.3) is 0 Å². The third-order valence-corrected chi connectivity index (χ3v) is 9.09. The maximum atomic E-state index is 13.2. The van der Waals surface area contributed by atoms with Crippen molar-refractivity contribution in [3.63, 3.8) is 0 Å². The molecule has 0 amide bonds. The lowest BCUT2D eigenvalue weighted by Gasteiger charge is -2.53. The molecule has 0 radical (unpaired) electrons. The smallest absolute Gasteiger partial charge is 0.162 e. The second kappa shape index (κ2) is 8.42. The molecule has 4 heteroatoms. The number of hydrogen-bond donors (Lipinski definition) is 0. The van der Waals surface area contributed by atoms with Crippen LogP contribution < -0.4 is 0 Å². The fraction of sp³-hybridized carbons (Fsp3) is 0.741. The van der Waals surface area contributed by atoms with E-state index in [9.17, 15) is 14.4 Å². The van der Waals surface area contributed by atoms with Gasteiger partial charge in [0.2, 0.25) is 0 Å². The molecule has 2 unspecified atom stereocenters. The summed E-state index contributed by atoms with van der Waals surface area (Å²) in [7, 11) is 0. The number of ketones is 3. The van der Waals surface area contributed by atoms with Crippen molar-refractivity contribution in [3.8, 4) is 0 Å². The Kier molecular flexibility index (Phi) is 6.15. The largest absolute Gasteiger partial charge is 0.374 e. The highest BCUT2D eigenvalue weighted by atomic mass is 16.5. The van der Waals surface area contributed by atoms with Gasteiger partial charge in [-0.1, -0.05) is 38.0 Å². The average molecular weight is 427 g/mol. The van der Waals surface area contributed by atoms with Crippen LogP contribution in [0.3, 0.4) is 0 Å². The number of allylic oxidation sites excluding steroid dienone is 4. The van der Waals surface area contributed by atoms with Crippen molar-refractivity contribution >= 4 is 17.3 Å². The molecule has 6 atom stereocenters. The molecular weight excluding hydrogens is 388 g/mol. The summed E-state index contributed by atoms with van der Waals surface area (Å²) in [5, 5.41) is 0. The predicted molar refractivity (Wildman–Crippen MR) is 120 cm³/mol. The minimum absolute atomic E-state index is 0.00449. The van der Waals surface area contributed by atoms with Crippen LogP contribution in [0, 0.1) is 34.5 Å². The first-order valence-corrected chi connectivity index (χ1v) is 12.2. The quantitative estimate of drug-likeness (QED) is 0.412. The first kappa shape index (κ1) is 22.6. The molecule has 0 N–H and O–H groups in total. The fourth-order valence-corrected chi connectivity index (χ4v) is 7.60. The molecule has 4 aliphatic carbocycles. The zero-order valence-electron chi connectivity index (χ0n) is 19.7. The van der Waals surface area contributed by atoms with Gasteiger partial charge in [-0.15, -0.1) is 0 Å². The van der Waals surface area contributed by atoms with Crippen molar-refractivity contribution in [2.45, 2.75) is 79.1 Å². The molecule has 0 spiro atoms. The van der Waals surface area contributed by atoms with Crippen LogP contribution in [0.4, 0.5) is 0 Å². The molecular formula is C27H38O4. The van der Waals surface area contributed by atoms with Gasteiger partial charge in [0, 0.05) is 30.8 Å². The number of hydrogen-bond acceptors (Lipinski definition) is 4. The third-order valence-electron chi connectivity index (χ3n) is 9.09. The number of Topliss-reactive ketones (excluding diaryl/α,β-unsaturated/α-hetero) is 2. The summed E-state index contributed by atoms with van der Waals surface area (Å²) in [6.07, 6.45) is 11.4. The molecule has 2 saturated carbocycles. The molecule has 4 rings (SSSR count).